The van der Waals surface area contributed by atoms with Crippen LogP contribution in [0.5, 0.6) is 0 Å². The topological polar surface area (TPSA) is 78.9 Å². The van der Waals surface area contributed by atoms with Gasteiger partial charge in [-0.3, -0.25) is 0 Å². The molecule has 1 aromatic carbocycles. The Morgan fingerprint density at radius 3 is 2.72 bits per heavy atom. The van der Waals surface area contributed by atoms with Crippen molar-refractivity contribution in [1.82, 2.24) is 25.3 Å². The molecule has 1 aliphatic heterocycles. The maximum Gasteiger partial charge on any atom is 0.232 e. The SMILES string of the molecule is C[C@H]1CCCCN1c1cc(Sc2ncccn2)nc(NC(=S)NCc2ccc(Cl)cc2)n1. The lowest BCUT2D eigenvalue weighted by molar-refractivity contribution is 0.480. The van der Waals surface area contributed by atoms with Crippen molar-refractivity contribution in [3.63, 3.8) is 0 Å². The molecule has 0 radical (unpaired) electrons. The molecular weight excluding hydrogens is 462 g/mol. The van der Waals surface area contributed by atoms with E-state index in [0.29, 0.717) is 33.8 Å². The quantitative estimate of drug-likeness (QED) is 0.287. The van der Waals surface area contributed by atoms with Crippen LogP contribution in [0.2, 0.25) is 5.02 Å². The van der Waals surface area contributed by atoms with E-state index in [-0.39, 0.29) is 0 Å². The summed E-state index contributed by atoms with van der Waals surface area (Å²) in [4.78, 5) is 20.3. The number of thiocarbonyl (C=S) groups is 1. The lowest BCUT2D eigenvalue weighted by Gasteiger charge is -2.34. The number of piperidine rings is 1. The fourth-order valence-corrected chi connectivity index (χ4v) is 4.47. The number of halogens is 1. The summed E-state index contributed by atoms with van der Waals surface area (Å²) in [6, 6.07) is 11.9. The summed E-state index contributed by atoms with van der Waals surface area (Å²) in [5.41, 5.74) is 1.08. The zero-order valence-corrected chi connectivity index (χ0v) is 20.1. The predicted octanol–water partition coefficient (Wildman–Crippen LogP) is 4.94. The van der Waals surface area contributed by atoms with Gasteiger partial charge in [0.25, 0.3) is 0 Å². The van der Waals surface area contributed by atoms with E-state index in [1.165, 1.54) is 18.2 Å². The molecule has 0 unspecified atom stereocenters. The molecule has 0 spiro atoms. The number of hydrogen-bond donors (Lipinski definition) is 2. The Balaban J connectivity index is 1.51. The molecule has 0 bridgehead atoms. The largest absolute Gasteiger partial charge is 0.358 e. The Labute approximate surface area is 202 Å². The molecule has 3 aromatic rings. The van der Waals surface area contributed by atoms with Gasteiger partial charge in [0.2, 0.25) is 5.95 Å². The van der Waals surface area contributed by atoms with Crippen LogP contribution in [-0.2, 0) is 6.54 Å². The summed E-state index contributed by atoms with van der Waals surface area (Å²) in [7, 11) is 0. The van der Waals surface area contributed by atoms with Crippen LogP contribution in [0, 0.1) is 0 Å². The summed E-state index contributed by atoms with van der Waals surface area (Å²) < 4.78 is 0. The van der Waals surface area contributed by atoms with Gasteiger partial charge in [0.05, 0.1) is 0 Å². The zero-order valence-electron chi connectivity index (χ0n) is 17.7. The second-order valence-electron chi connectivity index (χ2n) is 7.49. The van der Waals surface area contributed by atoms with Crippen molar-refractivity contribution in [2.45, 2.75) is 49.0 Å². The van der Waals surface area contributed by atoms with Crippen LogP contribution in [0.3, 0.4) is 0 Å². The maximum atomic E-state index is 5.95. The Morgan fingerprint density at radius 1 is 1.19 bits per heavy atom. The highest BCUT2D eigenvalue weighted by Crippen LogP contribution is 2.29. The molecule has 0 saturated carbocycles. The summed E-state index contributed by atoms with van der Waals surface area (Å²) >= 11 is 12.8. The normalized spacial score (nSPS) is 15.9. The van der Waals surface area contributed by atoms with Crippen LogP contribution in [0.1, 0.15) is 31.7 Å². The number of nitrogens with zero attached hydrogens (tertiary/aromatic N) is 5. The van der Waals surface area contributed by atoms with Crippen molar-refractivity contribution in [3.8, 4) is 0 Å². The lowest BCUT2D eigenvalue weighted by atomic mass is 10.0. The summed E-state index contributed by atoms with van der Waals surface area (Å²) in [5.74, 6) is 1.33. The van der Waals surface area contributed by atoms with E-state index < -0.39 is 0 Å². The molecule has 3 heterocycles. The third-order valence-electron chi connectivity index (χ3n) is 5.12. The van der Waals surface area contributed by atoms with Crippen LogP contribution >= 0.6 is 35.6 Å². The molecule has 1 saturated heterocycles. The van der Waals surface area contributed by atoms with Crippen molar-refractivity contribution < 1.29 is 0 Å². The molecule has 0 amide bonds. The molecule has 4 rings (SSSR count). The Morgan fingerprint density at radius 2 is 1.97 bits per heavy atom. The van der Waals surface area contributed by atoms with Gasteiger partial charge in [0.15, 0.2) is 10.3 Å². The molecule has 166 valence electrons. The molecule has 1 atom stereocenters. The molecule has 1 aliphatic rings. The maximum absolute atomic E-state index is 5.95. The molecule has 10 heteroatoms. The first-order chi connectivity index (χ1) is 15.6. The van der Waals surface area contributed by atoms with Crippen molar-refractivity contribution in [2.24, 2.45) is 0 Å². The van der Waals surface area contributed by atoms with Gasteiger partial charge in [-0.15, -0.1) is 0 Å². The number of rotatable bonds is 6. The van der Waals surface area contributed by atoms with E-state index in [0.717, 1.165) is 35.8 Å². The number of anilines is 2. The van der Waals surface area contributed by atoms with Crippen molar-refractivity contribution in [1.29, 1.82) is 0 Å². The van der Waals surface area contributed by atoms with E-state index in [2.05, 4.69) is 37.4 Å². The smallest absolute Gasteiger partial charge is 0.232 e. The van der Waals surface area contributed by atoms with E-state index in [9.17, 15) is 0 Å². The average Bonchev–Trinajstić information content (AvgIpc) is 2.79. The van der Waals surface area contributed by atoms with Crippen LogP contribution in [0.4, 0.5) is 11.8 Å². The first-order valence-corrected chi connectivity index (χ1v) is 12.1. The molecule has 32 heavy (non-hydrogen) atoms. The molecule has 2 aromatic heterocycles. The summed E-state index contributed by atoms with van der Waals surface area (Å²) in [6.07, 6.45) is 6.99. The Hall–Kier alpha value is -2.49. The van der Waals surface area contributed by atoms with Gasteiger partial charge in [-0.1, -0.05) is 23.7 Å². The van der Waals surface area contributed by atoms with Crippen LogP contribution in [-0.4, -0.2) is 37.6 Å². The van der Waals surface area contributed by atoms with E-state index in [4.69, 9.17) is 28.8 Å². The van der Waals surface area contributed by atoms with Crippen LogP contribution < -0.4 is 15.5 Å². The van der Waals surface area contributed by atoms with Crippen LogP contribution in [0.15, 0.2) is 59.0 Å². The highest BCUT2D eigenvalue weighted by molar-refractivity contribution is 7.99. The fraction of sp³-hybridized carbons (Fsp3) is 0.318. The van der Waals surface area contributed by atoms with E-state index >= 15 is 0 Å². The first-order valence-electron chi connectivity index (χ1n) is 10.5. The molecule has 2 N–H and O–H groups in total. The van der Waals surface area contributed by atoms with Gasteiger partial charge in [-0.05, 0) is 73.9 Å². The second kappa shape index (κ2) is 10.9. The highest BCUT2D eigenvalue weighted by Gasteiger charge is 2.21. The molecule has 1 fully saturated rings. The summed E-state index contributed by atoms with van der Waals surface area (Å²) in [5, 5.41) is 8.90. The number of hydrogen-bond acceptors (Lipinski definition) is 7. The Bertz CT molecular complexity index is 1050. The molecule has 0 aliphatic carbocycles. The predicted molar refractivity (Wildman–Crippen MR) is 133 cm³/mol. The number of nitrogens with one attached hydrogen (secondary N) is 2. The molecule has 7 nitrogen and oxygen atoms in total. The van der Waals surface area contributed by atoms with Crippen molar-refractivity contribution in [3.05, 3.63) is 59.4 Å². The minimum atomic E-state index is 0.423. The van der Waals surface area contributed by atoms with Gasteiger partial charge in [-0.2, -0.15) is 4.98 Å². The minimum Gasteiger partial charge on any atom is -0.358 e. The van der Waals surface area contributed by atoms with Gasteiger partial charge >= 0.3 is 0 Å². The lowest BCUT2D eigenvalue weighted by Crippen LogP contribution is -2.38. The van der Waals surface area contributed by atoms with E-state index in [1.54, 1.807) is 18.5 Å². The van der Waals surface area contributed by atoms with Crippen molar-refractivity contribution >= 4 is 52.5 Å². The van der Waals surface area contributed by atoms with Gasteiger partial charge < -0.3 is 15.5 Å². The second-order valence-corrected chi connectivity index (χ2v) is 9.33. The third-order valence-corrected chi connectivity index (χ3v) is 6.43. The third kappa shape index (κ3) is 6.27. The highest BCUT2D eigenvalue weighted by atomic mass is 35.5. The van der Waals surface area contributed by atoms with Crippen LogP contribution in [0.25, 0.3) is 0 Å². The number of aromatic nitrogens is 4. The standard InChI is InChI=1S/C22H24ClN7S2/c1-15-5-2-3-12-30(15)18-13-19(32-22-24-10-4-11-25-22)28-20(27-18)29-21(31)26-14-16-6-8-17(23)9-7-16/h4,6-11,13,15H,2-3,5,12,14H2,1H3,(H2,26,27,28,29,31)/t15-/m0/s1. The summed E-state index contributed by atoms with van der Waals surface area (Å²) in [6.45, 7) is 3.79. The monoisotopic (exact) mass is 485 g/mol. The average molecular weight is 486 g/mol. The fourth-order valence-electron chi connectivity index (χ4n) is 3.47. The minimum absolute atomic E-state index is 0.423. The Kier molecular flexibility index (Phi) is 7.72. The van der Waals surface area contributed by atoms with Crippen molar-refractivity contribution in [2.75, 3.05) is 16.8 Å². The zero-order chi connectivity index (χ0) is 22.3. The molecular formula is C22H24ClN7S2. The number of benzene rings is 1. The van der Waals surface area contributed by atoms with Gasteiger partial charge in [-0.25, -0.2) is 15.0 Å². The van der Waals surface area contributed by atoms with E-state index in [1.807, 2.05) is 30.3 Å². The first kappa shape index (κ1) is 22.7. The van der Waals surface area contributed by atoms with Gasteiger partial charge in [0.1, 0.15) is 10.8 Å². The van der Waals surface area contributed by atoms with Gasteiger partial charge in [0, 0.05) is 42.6 Å².